The molecule has 1 N–H and O–H groups in total. The monoisotopic (exact) mass is 374 g/mol. The highest BCUT2D eigenvalue weighted by Crippen LogP contribution is 2.22. The number of benzene rings is 2. The first-order valence-electron chi connectivity index (χ1n) is 8.98. The Bertz CT molecular complexity index is 992. The molecular weight excluding hydrogens is 352 g/mol. The van der Waals surface area contributed by atoms with E-state index >= 15 is 0 Å². The second-order valence-corrected chi connectivity index (χ2v) is 7.33. The maximum Gasteiger partial charge on any atom is 0.340 e. The van der Waals surface area contributed by atoms with Crippen LogP contribution in [-0.2, 0) is 4.74 Å². The molecule has 28 heavy (non-hydrogen) atoms. The molecule has 0 atom stereocenters. The molecule has 1 heterocycles. The molecule has 5 nitrogen and oxygen atoms in total. The van der Waals surface area contributed by atoms with Crippen LogP contribution < -0.4 is 5.32 Å². The Kier molecular flexibility index (Phi) is 5.54. The van der Waals surface area contributed by atoms with Crippen molar-refractivity contribution in [1.29, 1.82) is 0 Å². The predicted molar refractivity (Wildman–Crippen MR) is 109 cm³/mol. The van der Waals surface area contributed by atoms with E-state index in [1.54, 1.807) is 57.3 Å². The van der Waals surface area contributed by atoms with Gasteiger partial charge >= 0.3 is 5.97 Å². The molecule has 0 unspecified atom stereocenters. The number of esters is 1. The Hall–Kier alpha value is -3.47. The molecule has 0 aliphatic heterocycles. The van der Waals surface area contributed by atoms with Gasteiger partial charge in [0.2, 0.25) is 0 Å². The van der Waals surface area contributed by atoms with Crippen molar-refractivity contribution in [3.8, 4) is 11.1 Å². The van der Waals surface area contributed by atoms with E-state index in [0.717, 1.165) is 11.1 Å². The summed E-state index contributed by atoms with van der Waals surface area (Å²) in [6.45, 7) is 5.40. The van der Waals surface area contributed by atoms with E-state index in [1.165, 1.54) is 6.20 Å². The van der Waals surface area contributed by atoms with Gasteiger partial charge in [-0.1, -0.05) is 42.5 Å². The zero-order valence-corrected chi connectivity index (χ0v) is 16.1. The van der Waals surface area contributed by atoms with Gasteiger partial charge in [-0.3, -0.25) is 9.78 Å². The Morgan fingerprint density at radius 1 is 0.893 bits per heavy atom. The van der Waals surface area contributed by atoms with E-state index in [2.05, 4.69) is 10.3 Å². The fourth-order valence-corrected chi connectivity index (χ4v) is 2.65. The lowest BCUT2D eigenvalue weighted by Gasteiger charge is -2.20. The lowest BCUT2D eigenvalue weighted by Crippen LogP contribution is -2.25. The summed E-state index contributed by atoms with van der Waals surface area (Å²) in [5.41, 5.74) is 2.29. The fraction of sp³-hybridized carbons (Fsp3) is 0.174. The number of carbonyl (C=O) groups excluding carboxylic acids is 2. The first-order valence-corrected chi connectivity index (χ1v) is 8.98. The molecule has 5 heteroatoms. The number of rotatable bonds is 4. The van der Waals surface area contributed by atoms with Crippen molar-refractivity contribution < 1.29 is 14.3 Å². The standard InChI is InChI=1S/C23H22N2O3/c1-23(2,3)28-22(27)19-11-7-8-12-20(19)25-21(26)18-13-17(14-24-15-18)16-9-5-4-6-10-16/h4-15H,1-3H3,(H,25,26). The number of aromatic nitrogens is 1. The summed E-state index contributed by atoms with van der Waals surface area (Å²) < 4.78 is 5.43. The van der Waals surface area contributed by atoms with Gasteiger partial charge in [0, 0.05) is 18.0 Å². The lowest BCUT2D eigenvalue weighted by molar-refractivity contribution is 0.00708. The Morgan fingerprint density at radius 2 is 1.57 bits per heavy atom. The summed E-state index contributed by atoms with van der Waals surface area (Å²) in [5, 5.41) is 2.79. The number of pyridine rings is 1. The van der Waals surface area contributed by atoms with Crippen LogP contribution in [0.4, 0.5) is 5.69 Å². The molecule has 142 valence electrons. The summed E-state index contributed by atoms with van der Waals surface area (Å²) in [6, 6.07) is 18.3. The first-order chi connectivity index (χ1) is 13.3. The summed E-state index contributed by atoms with van der Waals surface area (Å²) in [4.78, 5) is 29.4. The molecule has 0 spiro atoms. The molecule has 1 amide bonds. The fourth-order valence-electron chi connectivity index (χ4n) is 2.65. The van der Waals surface area contributed by atoms with Gasteiger partial charge < -0.3 is 10.1 Å². The van der Waals surface area contributed by atoms with E-state index < -0.39 is 11.6 Å². The van der Waals surface area contributed by atoms with Crippen molar-refractivity contribution in [3.05, 3.63) is 84.2 Å². The predicted octanol–water partition coefficient (Wildman–Crippen LogP) is 4.96. The van der Waals surface area contributed by atoms with Crippen LogP contribution in [0.2, 0.25) is 0 Å². The lowest BCUT2D eigenvalue weighted by atomic mass is 10.1. The highest BCUT2D eigenvalue weighted by molar-refractivity contribution is 6.08. The molecular formula is C23H22N2O3. The molecule has 3 rings (SSSR count). The number of hydrogen-bond donors (Lipinski definition) is 1. The topological polar surface area (TPSA) is 68.3 Å². The summed E-state index contributed by atoms with van der Waals surface area (Å²) >= 11 is 0. The Balaban J connectivity index is 1.84. The van der Waals surface area contributed by atoms with Crippen LogP contribution in [0.1, 0.15) is 41.5 Å². The third-order valence-electron chi connectivity index (χ3n) is 3.90. The number of anilines is 1. The van der Waals surface area contributed by atoms with E-state index in [1.807, 2.05) is 30.3 Å². The zero-order chi connectivity index (χ0) is 20.1. The average Bonchev–Trinajstić information content (AvgIpc) is 2.68. The van der Waals surface area contributed by atoms with Gasteiger partial charge in [0.15, 0.2) is 0 Å². The summed E-state index contributed by atoms with van der Waals surface area (Å²) in [6.07, 6.45) is 3.21. The number of amides is 1. The Labute approximate surface area is 164 Å². The van der Waals surface area contributed by atoms with Crippen molar-refractivity contribution in [2.45, 2.75) is 26.4 Å². The molecule has 0 aliphatic carbocycles. The van der Waals surface area contributed by atoms with Crippen LogP contribution in [0.15, 0.2) is 73.1 Å². The number of hydrogen-bond acceptors (Lipinski definition) is 4. The number of nitrogens with zero attached hydrogens (tertiary/aromatic N) is 1. The third-order valence-corrected chi connectivity index (χ3v) is 3.90. The number of para-hydroxylation sites is 1. The second kappa shape index (κ2) is 8.05. The average molecular weight is 374 g/mol. The molecule has 0 bridgehead atoms. The van der Waals surface area contributed by atoms with Gasteiger partial charge in [0.05, 0.1) is 16.8 Å². The van der Waals surface area contributed by atoms with Gasteiger partial charge in [-0.15, -0.1) is 0 Å². The molecule has 0 aliphatic rings. The maximum absolute atomic E-state index is 12.8. The van der Waals surface area contributed by atoms with E-state index in [0.29, 0.717) is 16.8 Å². The molecule has 2 aromatic carbocycles. The van der Waals surface area contributed by atoms with Crippen LogP contribution in [0, 0.1) is 0 Å². The molecule has 0 fully saturated rings. The molecule has 0 saturated heterocycles. The zero-order valence-electron chi connectivity index (χ0n) is 16.1. The van der Waals surface area contributed by atoms with Crippen molar-refractivity contribution in [3.63, 3.8) is 0 Å². The van der Waals surface area contributed by atoms with Gasteiger partial charge in [-0.05, 0) is 44.5 Å². The highest BCUT2D eigenvalue weighted by Gasteiger charge is 2.21. The van der Waals surface area contributed by atoms with E-state index in [4.69, 9.17) is 4.74 Å². The van der Waals surface area contributed by atoms with Gasteiger partial charge in [-0.25, -0.2) is 4.79 Å². The van der Waals surface area contributed by atoms with Crippen LogP contribution in [0.25, 0.3) is 11.1 Å². The van der Waals surface area contributed by atoms with Crippen LogP contribution in [0.5, 0.6) is 0 Å². The number of ether oxygens (including phenoxy) is 1. The highest BCUT2D eigenvalue weighted by atomic mass is 16.6. The maximum atomic E-state index is 12.8. The smallest absolute Gasteiger partial charge is 0.340 e. The molecule has 0 radical (unpaired) electrons. The summed E-state index contributed by atoms with van der Waals surface area (Å²) in [5.74, 6) is -0.833. The van der Waals surface area contributed by atoms with Crippen molar-refractivity contribution >= 4 is 17.6 Å². The molecule has 1 aromatic heterocycles. The minimum Gasteiger partial charge on any atom is -0.456 e. The molecule has 0 saturated carbocycles. The SMILES string of the molecule is CC(C)(C)OC(=O)c1ccccc1NC(=O)c1cncc(-c2ccccc2)c1. The van der Waals surface area contributed by atoms with Crippen molar-refractivity contribution in [2.24, 2.45) is 0 Å². The summed E-state index contributed by atoms with van der Waals surface area (Å²) in [7, 11) is 0. The van der Waals surface area contributed by atoms with Crippen molar-refractivity contribution in [2.75, 3.05) is 5.32 Å². The number of nitrogens with one attached hydrogen (secondary N) is 1. The Morgan fingerprint density at radius 3 is 2.29 bits per heavy atom. The normalized spacial score (nSPS) is 11.0. The first kappa shape index (κ1) is 19.3. The minimum atomic E-state index is -0.623. The van der Waals surface area contributed by atoms with E-state index in [-0.39, 0.29) is 5.91 Å². The van der Waals surface area contributed by atoms with Crippen LogP contribution in [-0.4, -0.2) is 22.5 Å². The minimum absolute atomic E-state index is 0.304. The van der Waals surface area contributed by atoms with Gasteiger partial charge in [0.1, 0.15) is 5.60 Å². The quantitative estimate of drug-likeness (QED) is 0.656. The van der Waals surface area contributed by atoms with Crippen LogP contribution >= 0.6 is 0 Å². The largest absolute Gasteiger partial charge is 0.456 e. The van der Waals surface area contributed by atoms with Crippen molar-refractivity contribution in [1.82, 2.24) is 4.98 Å². The van der Waals surface area contributed by atoms with Crippen LogP contribution in [0.3, 0.4) is 0 Å². The van der Waals surface area contributed by atoms with Gasteiger partial charge in [0.25, 0.3) is 5.91 Å². The number of carbonyl (C=O) groups is 2. The third kappa shape index (κ3) is 4.82. The molecule has 3 aromatic rings. The van der Waals surface area contributed by atoms with E-state index in [9.17, 15) is 9.59 Å². The second-order valence-electron chi connectivity index (χ2n) is 7.33. The van der Waals surface area contributed by atoms with Gasteiger partial charge in [-0.2, -0.15) is 0 Å².